The van der Waals surface area contributed by atoms with E-state index in [1.54, 1.807) is 19.1 Å². The fraction of sp³-hybridized carbons (Fsp3) is 0.381. The molecule has 0 heterocycles. The standard InChI is InChI=1S/C21H24F3NO2/c1-14(27-18-10-8-16(9-11-18)20(2,3)4)19(26)25-13-15-6-5-7-17(12-15)21(22,23)24/h5-12,14H,13H2,1-4H3,(H,25,26). The van der Waals surface area contributed by atoms with E-state index in [1.165, 1.54) is 12.1 Å². The molecule has 0 bridgehead atoms. The Balaban J connectivity index is 1.92. The zero-order valence-corrected chi connectivity index (χ0v) is 15.9. The molecule has 2 aromatic carbocycles. The smallest absolute Gasteiger partial charge is 0.416 e. The molecule has 2 aromatic rings. The highest BCUT2D eigenvalue weighted by atomic mass is 19.4. The van der Waals surface area contributed by atoms with E-state index in [0.29, 0.717) is 11.3 Å². The van der Waals surface area contributed by atoms with Crippen molar-refractivity contribution in [1.29, 1.82) is 0 Å². The number of hydrogen-bond acceptors (Lipinski definition) is 2. The largest absolute Gasteiger partial charge is 0.481 e. The first-order valence-electron chi connectivity index (χ1n) is 8.68. The molecule has 27 heavy (non-hydrogen) atoms. The molecule has 146 valence electrons. The number of alkyl halides is 3. The molecular weight excluding hydrogens is 355 g/mol. The monoisotopic (exact) mass is 379 g/mol. The third kappa shape index (κ3) is 6.01. The van der Waals surface area contributed by atoms with E-state index >= 15 is 0 Å². The number of carbonyl (C=O) groups excluding carboxylic acids is 1. The van der Waals surface area contributed by atoms with Crippen LogP contribution in [0.15, 0.2) is 48.5 Å². The first-order valence-corrected chi connectivity index (χ1v) is 8.68. The molecule has 0 saturated carbocycles. The topological polar surface area (TPSA) is 38.3 Å². The maximum Gasteiger partial charge on any atom is 0.416 e. The van der Waals surface area contributed by atoms with Gasteiger partial charge in [0.15, 0.2) is 6.10 Å². The van der Waals surface area contributed by atoms with E-state index < -0.39 is 23.8 Å². The lowest BCUT2D eigenvalue weighted by Gasteiger charge is -2.20. The van der Waals surface area contributed by atoms with Gasteiger partial charge in [-0.05, 0) is 47.7 Å². The van der Waals surface area contributed by atoms with Gasteiger partial charge in [0.25, 0.3) is 5.91 Å². The number of benzene rings is 2. The Morgan fingerprint density at radius 3 is 2.22 bits per heavy atom. The molecule has 0 aliphatic heterocycles. The van der Waals surface area contributed by atoms with Gasteiger partial charge < -0.3 is 10.1 Å². The molecule has 1 unspecified atom stereocenters. The van der Waals surface area contributed by atoms with Crippen molar-refractivity contribution in [2.75, 3.05) is 0 Å². The van der Waals surface area contributed by atoms with Crippen LogP contribution in [0.25, 0.3) is 0 Å². The molecule has 0 saturated heterocycles. The third-order valence-electron chi connectivity index (χ3n) is 4.12. The second kappa shape index (κ2) is 8.03. The lowest BCUT2D eigenvalue weighted by molar-refractivity contribution is -0.137. The van der Waals surface area contributed by atoms with Crippen LogP contribution >= 0.6 is 0 Å². The van der Waals surface area contributed by atoms with Crippen molar-refractivity contribution in [1.82, 2.24) is 5.32 Å². The molecule has 6 heteroatoms. The summed E-state index contributed by atoms with van der Waals surface area (Å²) in [4.78, 5) is 12.2. The third-order valence-corrected chi connectivity index (χ3v) is 4.12. The zero-order chi connectivity index (χ0) is 20.2. The Bertz CT molecular complexity index is 777. The molecule has 0 radical (unpaired) electrons. The highest BCUT2D eigenvalue weighted by Gasteiger charge is 2.30. The average molecular weight is 379 g/mol. The molecule has 0 fully saturated rings. The van der Waals surface area contributed by atoms with Gasteiger partial charge in [0.1, 0.15) is 5.75 Å². The quantitative estimate of drug-likeness (QED) is 0.786. The summed E-state index contributed by atoms with van der Waals surface area (Å²) in [6.07, 6.45) is -5.17. The van der Waals surface area contributed by atoms with Crippen LogP contribution in [0.4, 0.5) is 13.2 Å². The minimum Gasteiger partial charge on any atom is -0.481 e. The minimum atomic E-state index is -4.41. The Morgan fingerprint density at radius 1 is 1.04 bits per heavy atom. The van der Waals surface area contributed by atoms with Crippen LogP contribution in [0, 0.1) is 0 Å². The number of halogens is 3. The predicted octanol–water partition coefficient (Wildman–Crippen LogP) is 5.09. The second-order valence-electron chi connectivity index (χ2n) is 7.45. The first kappa shape index (κ1) is 20.8. The molecule has 0 aromatic heterocycles. The van der Waals surface area contributed by atoms with E-state index in [4.69, 9.17) is 4.74 Å². The van der Waals surface area contributed by atoms with Crippen molar-refractivity contribution >= 4 is 5.91 Å². The van der Waals surface area contributed by atoms with Crippen LogP contribution in [0.3, 0.4) is 0 Å². The van der Waals surface area contributed by atoms with E-state index in [0.717, 1.165) is 17.7 Å². The molecule has 2 rings (SSSR count). The normalized spacial score (nSPS) is 13.1. The Kier molecular flexibility index (Phi) is 6.19. The predicted molar refractivity (Wildman–Crippen MR) is 98.5 cm³/mol. The number of rotatable bonds is 5. The van der Waals surface area contributed by atoms with Gasteiger partial charge in [-0.15, -0.1) is 0 Å². The fourth-order valence-electron chi connectivity index (χ4n) is 2.48. The number of carbonyl (C=O) groups is 1. The van der Waals surface area contributed by atoms with Gasteiger partial charge in [-0.3, -0.25) is 4.79 Å². The number of amides is 1. The van der Waals surface area contributed by atoms with Gasteiger partial charge >= 0.3 is 6.18 Å². The van der Waals surface area contributed by atoms with Crippen LogP contribution in [-0.2, 0) is 22.9 Å². The van der Waals surface area contributed by atoms with Crippen LogP contribution in [0.2, 0.25) is 0 Å². The summed E-state index contributed by atoms with van der Waals surface area (Å²) in [5.74, 6) is 0.164. The maximum atomic E-state index is 12.7. The van der Waals surface area contributed by atoms with E-state index in [1.807, 2.05) is 12.1 Å². The van der Waals surface area contributed by atoms with Crippen molar-refractivity contribution in [3.05, 3.63) is 65.2 Å². The van der Waals surface area contributed by atoms with Crippen molar-refractivity contribution < 1.29 is 22.7 Å². The van der Waals surface area contributed by atoms with Gasteiger partial charge in [0, 0.05) is 6.54 Å². The van der Waals surface area contributed by atoms with E-state index in [-0.39, 0.29) is 12.0 Å². The zero-order valence-electron chi connectivity index (χ0n) is 15.9. The maximum absolute atomic E-state index is 12.7. The number of nitrogens with one attached hydrogen (secondary N) is 1. The summed E-state index contributed by atoms with van der Waals surface area (Å²) < 4.78 is 43.8. The van der Waals surface area contributed by atoms with E-state index in [2.05, 4.69) is 26.1 Å². The van der Waals surface area contributed by atoms with Crippen molar-refractivity contribution in [3.8, 4) is 5.75 Å². The van der Waals surface area contributed by atoms with Gasteiger partial charge in [-0.1, -0.05) is 45.0 Å². The Hall–Kier alpha value is -2.50. The highest BCUT2D eigenvalue weighted by molar-refractivity contribution is 5.80. The van der Waals surface area contributed by atoms with Crippen LogP contribution in [0.5, 0.6) is 5.75 Å². The van der Waals surface area contributed by atoms with Gasteiger partial charge in [0.2, 0.25) is 0 Å². The molecule has 1 atom stereocenters. The lowest BCUT2D eigenvalue weighted by atomic mass is 9.87. The molecular formula is C21H24F3NO2. The molecule has 3 nitrogen and oxygen atoms in total. The Labute approximate surface area is 157 Å². The van der Waals surface area contributed by atoms with Crippen LogP contribution in [-0.4, -0.2) is 12.0 Å². The molecule has 1 amide bonds. The first-order chi connectivity index (χ1) is 12.5. The lowest BCUT2D eigenvalue weighted by Crippen LogP contribution is -2.35. The van der Waals surface area contributed by atoms with Crippen molar-refractivity contribution in [3.63, 3.8) is 0 Å². The summed E-state index contributed by atoms with van der Waals surface area (Å²) in [7, 11) is 0. The highest BCUT2D eigenvalue weighted by Crippen LogP contribution is 2.29. The summed E-state index contributed by atoms with van der Waals surface area (Å²) in [6.45, 7) is 7.91. The van der Waals surface area contributed by atoms with E-state index in [9.17, 15) is 18.0 Å². The number of ether oxygens (including phenoxy) is 1. The summed E-state index contributed by atoms with van der Waals surface area (Å²) in [5, 5.41) is 2.60. The average Bonchev–Trinajstić information content (AvgIpc) is 2.59. The van der Waals surface area contributed by atoms with Crippen molar-refractivity contribution in [2.45, 2.75) is 51.9 Å². The van der Waals surface area contributed by atoms with Gasteiger partial charge in [-0.2, -0.15) is 13.2 Å². The summed E-state index contributed by atoms with van der Waals surface area (Å²) in [6, 6.07) is 12.4. The molecule has 0 aliphatic rings. The minimum absolute atomic E-state index is 0.000580. The van der Waals surface area contributed by atoms with Crippen LogP contribution < -0.4 is 10.1 Å². The molecule has 0 spiro atoms. The van der Waals surface area contributed by atoms with Crippen LogP contribution in [0.1, 0.15) is 44.4 Å². The fourth-order valence-corrected chi connectivity index (χ4v) is 2.48. The van der Waals surface area contributed by atoms with Crippen molar-refractivity contribution in [2.24, 2.45) is 0 Å². The SMILES string of the molecule is CC(Oc1ccc(C(C)(C)C)cc1)C(=O)NCc1cccc(C(F)(F)F)c1. The summed E-state index contributed by atoms with van der Waals surface area (Å²) in [5.41, 5.74) is 0.806. The molecule has 1 N–H and O–H groups in total. The Morgan fingerprint density at radius 2 is 1.67 bits per heavy atom. The molecule has 0 aliphatic carbocycles. The van der Waals surface area contributed by atoms with Gasteiger partial charge in [0.05, 0.1) is 5.56 Å². The second-order valence-corrected chi connectivity index (χ2v) is 7.45. The van der Waals surface area contributed by atoms with Gasteiger partial charge in [-0.25, -0.2) is 0 Å². The number of hydrogen-bond donors (Lipinski definition) is 1. The summed E-state index contributed by atoms with van der Waals surface area (Å²) >= 11 is 0.